The Hall–Kier alpha value is -1.11. The van der Waals surface area contributed by atoms with Gasteiger partial charge in [-0.15, -0.1) is 0 Å². The van der Waals surface area contributed by atoms with E-state index in [-0.39, 0.29) is 5.92 Å². The van der Waals surface area contributed by atoms with Gasteiger partial charge in [0.25, 0.3) is 0 Å². The van der Waals surface area contributed by atoms with Crippen LogP contribution in [0.4, 0.5) is 0 Å². The van der Waals surface area contributed by atoms with Crippen molar-refractivity contribution < 1.29 is 17.9 Å². The van der Waals surface area contributed by atoms with Crippen molar-refractivity contribution in [3.05, 3.63) is 24.3 Å². The van der Waals surface area contributed by atoms with Crippen molar-refractivity contribution in [2.75, 3.05) is 33.4 Å². The van der Waals surface area contributed by atoms with Gasteiger partial charge in [0.1, 0.15) is 5.75 Å². The second-order valence-corrected chi connectivity index (χ2v) is 7.17. The number of nitrogens with zero attached hydrogens (tertiary/aromatic N) is 1. The molecule has 1 heterocycles. The van der Waals surface area contributed by atoms with Gasteiger partial charge in [-0.05, 0) is 37.8 Å². The van der Waals surface area contributed by atoms with Crippen LogP contribution in [0.2, 0.25) is 0 Å². The number of sulfonamides is 1. The smallest absolute Gasteiger partial charge is 0.243 e. The minimum atomic E-state index is -3.46. The third-order valence-electron chi connectivity index (χ3n) is 3.64. The SMILES string of the molecule is CCOc1cccc(S(=O)(=O)N2CCC[C@@H](COC)C2)c1. The molecule has 0 aliphatic carbocycles. The van der Waals surface area contributed by atoms with Crippen LogP contribution in [0.15, 0.2) is 29.2 Å². The van der Waals surface area contributed by atoms with Gasteiger partial charge in [-0.2, -0.15) is 4.31 Å². The molecule has 5 nitrogen and oxygen atoms in total. The van der Waals surface area contributed by atoms with Crippen molar-refractivity contribution in [3.63, 3.8) is 0 Å². The van der Waals surface area contributed by atoms with Gasteiger partial charge in [0.2, 0.25) is 10.0 Å². The Morgan fingerprint density at radius 1 is 1.38 bits per heavy atom. The third kappa shape index (κ3) is 3.96. The average molecular weight is 313 g/mol. The average Bonchev–Trinajstić information content (AvgIpc) is 2.48. The molecule has 1 atom stereocenters. The van der Waals surface area contributed by atoms with E-state index in [0.29, 0.717) is 36.9 Å². The fourth-order valence-corrected chi connectivity index (χ4v) is 4.25. The van der Waals surface area contributed by atoms with E-state index in [0.717, 1.165) is 12.8 Å². The van der Waals surface area contributed by atoms with Crippen LogP contribution in [0.3, 0.4) is 0 Å². The summed E-state index contributed by atoms with van der Waals surface area (Å²) in [7, 11) is -1.80. The topological polar surface area (TPSA) is 55.8 Å². The van der Waals surface area contributed by atoms with E-state index in [1.54, 1.807) is 35.7 Å². The highest BCUT2D eigenvalue weighted by atomic mass is 32.2. The van der Waals surface area contributed by atoms with Crippen LogP contribution in [0.25, 0.3) is 0 Å². The normalized spacial score (nSPS) is 20.4. The largest absolute Gasteiger partial charge is 0.494 e. The van der Waals surface area contributed by atoms with Gasteiger partial charge < -0.3 is 9.47 Å². The zero-order valence-corrected chi connectivity index (χ0v) is 13.4. The molecule has 0 saturated carbocycles. The van der Waals surface area contributed by atoms with Crippen molar-refractivity contribution in [2.24, 2.45) is 5.92 Å². The van der Waals surface area contributed by atoms with Gasteiger partial charge >= 0.3 is 0 Å². The highest BCUT2D eigenvalue weighted by Gasteiger charge is 2.30. The molecule has 1 aliphatic rings. The first-order valence-corrected chi connectivity index (χ1v) is 8.74. The summed E-state index contributed by atoms with van der Waals surface area (Å²) >= 11 is 0. The summed E-state index contributed by atoms with van der Waals surface area (Å²) in [6.45, 7) is 4.09. The molecule has 0 amide bonds. The van der Waals surface area contributed by atoms with Crippen LogP contribution in [0, 0.1) is 5.92 Å². The number of benzene rings is 1. The van der Waals surface area contributed by atoms with E-state index in [1.165, 1.54) is 0 Å². The molecule has 0 N–H and O–H groups in total. The molecule has 21 heavy (non-hydrogen) atoms. The molecule has 118 valence electrons. The van der Waals surface area contributed by atoms with E-state index < -0.39 is 10.0 Å². The van der Waals surface area contributed by atoms with E-state index in [2.05, 4.69) is 0 Å². The number of methoxy groups -OCH3 is 1. The van der Waals surface area contributed by atoms with Gasteiger partial charge in [0, 0.05) is 26.3 Å². The predicted octanol–water partition coefficient (Wildman–Crippen LogP) is 2.13. The molecule has 0 radical (unpaired) electrons. The molecule has 1 aromatic rings. The Morgan fingerprint density at radius 2 is 2.19 bits per heavy atom. The lowest BCUT2D eigenvalue weighted by Crippen LogP contribution is -2.41. The Bertz CT molecular complexity index is 557. The molecule has 0 unspecified atom stereocenters. The van der Waals surface area contributed by atoms with Crippen LogP contribution in [0.1, 0.15) is 19.8 Å². The Morgan fingerprint density at radius 3 is 2.90 bits per heavy atom. The summed E-state index contributed by atoms with van der Waals surface area (Å²) in [6, 6.07) is 6.71. The number of hydrogen-bond donors (Lipinski definition) is 0. The number of hydrogen-bond acceptors (Lipinski definition) is 4. The van der Waals surface area contributed by atoms with Crippen molar-refractivity contribution >= 4 is 10.0 Å². The fraction of sp³-hybridized carbons (Fsp3) is 0.600. The first-order chi connectivity index (χ1) is 10.1. The molecule has 0 aromatic heterocycles. The van der Waals surface area contributed by atoms with Crippen molar-refractivity contribution in [1.82, 2.24) is 4.31 Å². The van der Waals surface area contributed by atoms with Crippen molar-refractivity contribution in [3.8, 4) is 5.75 Å². The van der Waals surface area contributed by atoms with E-state index in [9.17, 15) is 8.42 Å². The minimum absolute atomic E-state index is 0.272. The summed E-state index contributed by atoms with van der Waals surface area (Å²) in [6.07, 6.45) is 1.89. The van der Waals surface area contributed by atoms with Crippen LogP contribution in [0.5, 0.6) is 5.75 Å². The zero-order valence-electron chi connectivity index (χ0n) is 12.6. The predicted molar refractivity (Wildman–Crippen MR) is 81.0 cm³/mol. The standard InChI is InChI=1S/C15H23NO4S/c1-3-20-14-7-4-8-15(10-14)21(17,18)16-9-5-6-13(11-16)12-19-2/h4,7-8,10,13H,3,5-6,9,11-12H2,1-2H3/t13-/m1/s1. The van der Waals surface area contributed by atoms with Gasteiger partial charge in [-0.25, -0.2) is 8.42 Å². The maximum absolute atomic E-state index is 12.7. The molecule has 0 bridgehead atoms. The molecule has 2 rings (SSSR count). The van der Waals surface area contributed by atoms with Crippen molar-refractivity contribution in [1.29, 1.82) is 0 Å². The maximum atomic E-state index is 12.7. The number of ether oxygens (including phenoxy) is 2. The first-order valence-electron chi connectivity index (χ1n) is 7.30. The lowest BCUT2D eigenvalue weighted by molar-refractivity contribution is 0.118. The minimum Gasteiger partial charge on any atom is -0.494 e. The molecule has 1 fully saturated rings. The van der Waals surface area contributed by atoms with Gasteiger partial charge in [0.05, 0.1) is 18.1 Å². The summed E-state index contributed by atoms with van der Waals surface area (Å²) in [4.78, 5) is 0.298. The van der Waals surface area contributed by atoms with Crippen molar-refractivity contribution in [2.45, 2.75) is 24.7 Å². The number of rotatable bonds is 6. The summed E-state index contributed by atoms with van der Waals surface area (Å²) in [5, 5.41) is 0. The molecular weight excluding hydrogens is 290 g/mol. The van der Waals surface area contributed by atoms with E-state index in [4.69, 9.17) is 9.47 Å². The second kappa shape index (κ2) is 7.24. The highest BCUT2D eigenvalue weighted by Crippen LogP contribution is 2.26. The molecular formula is C15H23NO4S. The highest BCUT2D eigenvalue weighted by molar-refractivity contribution is 7.89. The molecule has 1 saturated heterocycles. The third-order valence-corrected chi connectivity index (χ3v) is 5.50. The quantitative estimate of drug-likeness (QED) is 0.807. The Kier molecular flexibility index (Phi) is 5.61. The van der Waals surface area contributed by atoms with E-state index in [1.807, 2.05) is 6.92 Å². The Balaban J connectivity index is 2.18. The molecule has 0 spiro atoms. The van der Waals surface area contributed by atoms with Crippen LogP contribution < -0.4 is 4.74 Å². The van der Waals surface area contributed by atoms with E-state index >= 15 is 0 Å². The number of piperidine rings is 1. The summed E-state index contributed by atoms with van der Waals surface area (Å²) in [5.41, 5.74) is 0. The molecule has 6 heteroatoms. The Labute approximate surface area is 126 Å². The summed E-state index contributed by atoms with van der Waals surface area (Å²) < 4.78 is 37.6. The summed E-state index contributed by atoms with van der Waals surface area (Å²) in [5.74, 6) is 0.859. The lowest BCUT2D eigenvalue weighted by atomic mass is 10.0. The molecule has 1 aromatic carbocycles. The second-order valence-electron chi connectivity index (χ2n) is 5.23. The monoisotopic (exact) mass is 313 g/mol. The van der Waals surface area contributed by atoms with Gasteiger partial charge in [-0.3, -0.25) is 0 Å². The fourth-order valence-electron chi connectivity index (χ4n) is 2.66. The lowest BCUT2D eigenvalue weighted by Gasteiger charge is -2.31. The van der Waals surface area contributed by atoms with Gasteiger partial charge in [0.15, 0.2) is 0 Å². The van der Waals surface area contributed by atoms with Gasteiger partial charge in [-0.1, -0.05) is 6.07 Å². The van der Waals surface area contributed by atoms with Crippen LogP contribution in [-0.4, -0.2) is 46.1 Å². The van der Waals surface area contributed by atoms with Crippen LogP contribution in [-0.2, 0) is 14.8 Å². The van der Waals surface area contributed by atoms with Crippen LogP contribution >= 0.6 is 0 Å². The molecule has 1 aliphatic heterocycles. The first kappa shape index (κ1) is 16.3. The zero-order chi connectivity index (χ0) is 15.3. The maximum Gasteiger partial charge on any atom is 0.243 e.